The number of anilines is 1. The summed E-state index contributed by atoms with van der Waals surface area (Å²) in [5.74, 6) is -0.393. The lowest BCUT2D eigenvalue weighted by molar-refractivity contribution is -0.137. The molecular weight excluding hydrogens is 569 g/mol. The molecule has 2 amide bonds. The highest BCUT2D eigenvalue weighted by Crippen LogP contribution is 2.38. The van der Waals surface area contributed by atoms with Crippen LogP contribution >= 0.6 is 0 Å². The summed E-state index contributed by atoms with van der Waals surface area (Å²) >= 11 is 0. The first-order valence-electron chi connectivity index (χ1n) is 14.0. The van der Waals surface area contributed by atoms with Crippen LogP contribution < -0.4 is 14.9 Å². The van der Waals surface area contributed by atoms with Crippen LogP contribution in [0.15, 0.2) is 65.6 Å². The number of hydrogen-bond acceptors (Lipinski definition) is 5. The summed E-state index contributed by atoms with van der Waals surface area (Å²) in [7, 11) is -4.40. The maximum Gasteiger partial charge on any atom is 0.416 e. The van der Waals surface area contributed by atoms with Crippen LogP contribution in [0.3, 0.4) is 0 Å². The first kappa shape index (κ1) is 30.1. The van der Waals surface area contributed by atoms with Gasteiger partial charge in [-0.25, -0.2) is 8.42 Å². The van der Waals surface area contributed by atoms with Gasteiger partial charge in [-0.2, -0.15) is 13.2 Å². The van der Waals surface area contributed by atoms with Gasteiger partial charge in [0.1, 0.15) is 0 Å². The lowest BCUT2D eigenvalue weighted by Gasteiger charge is -2.32. The van der Waals surface area contributed by atoms with Gasteiger partial charge in [0, 0.05) is 37.2 Å². The molecule has 0 aromatic heterocycles. The Kier molecular flexibility index (Phi) is 7.90. The third kappa shape index (κ3) is 5.66. The maximum absolute atomic E-state index is 14.0. The molecule has 2 fully saturated rings. The van der Waals surface area contributed by atoms with Gasteiger partial charge in [0.15, 0.2) is 0 Å². The third-order valence-corrected chi connectivity index (χ3v) is 10.8. The van der Waals surface area contributed by atoms with Crippen molar-refractivity contribution in [1.29, 1.82) is 0 Å². The number of amides is 2. The molecule has 3 atom stereocenters. The molecule has 8 nitrogen and oxygen atoms in total. The van der Waals surface area contributed by atoms with Crippen molar-refractivity contribution in [3.8, 4) is 0 Å². The molecule has 1 spiro atoms. The molecule has 5 rings (SSSR count). The van der Waals surface area contributed by atoms with Crippen LogP contribution in [-0.2, 0) is 21.0 Å². The number of rotatable bonds is 1. The van der Waals surface area contributed by atoms with Gasteiger partial charge in [0.25, 0.3) is 15.9 Å². The van der Waals surface area contributed by atoms with E-state index in [1.165, 1.54) is 30.3 Å². The number of carbonyl (C=O) groups is 2. The van der Waals surface area contributed by atoms with E-state index in [4.69, 9.17) is 0 Å². The molecule has 0 saturated carbocycles. The van der Waals surface area contributed by atoms with Gasteiger partial charge >= 0.3 is 6.18 Å². The summed E-state index contributed by atoms with van der Waals surface area (Å²) in [6.07, 6.45) is -0.468. The highest BCUT2D eigenvalue weighted by Gasteiger charge is 2.45. The fraction of sp³-hybridized carbons (Fsp3) is 0.467. The van der Waals surface area contributed by atoms with E-state index in [1.54, 1.807) is 17.1 Å². The number of allylic oxidation sites excluding steroid dienone is 1. The average Bonchev–Trinajstić information content (AvgIpc) is 3.55. The van der Waals surface area contributed by atoms with Crippen LogP contribution in [-0.4, -0.2) is 64.4 Å². The summed E-state index contributed by atoms with van der Waals surface area (Å²) in [5.41, 5.74) is -2.11. The first-order chi connectivity index (χ1) is 19.8. The molecule has 2 saturated heterocycles. The average molecular weight is 605 g/mol. The molecule has 3 aliphatic heterocycles. The molecule has 42 heavy (non-hydrogen) atoms. The molecule has 0 radical (unpaired) electrons. The van der Waals surface area contributed by atoms with Crippen molar-refractivity contribution in [3.63, 3.8) is 0 Å². The zero-order valence-electron chi connectivity index (χ0n) is 23.6. The number of nitrogens with zero attached hydrogens (tertiary/aromatic N) is 2. The van der Waals surface area contributed by atoms with E-state index < -0.39 is 27.2 Å². The Morgan fingerprint density at radius 3 is 2.50 bits per heavy atom. The van der Waals surface area contributed by atoms with Crippen LogP contribution in [0.5, 0.6) is 0 Å². The number of hydrogen-bond donors (Lipinski definition) is 2. The van der Waals surface area contributed by atoms with Crippen molar-refractivity contribution in [2.45, 2.75) is 37.8 Å². The quantitative estimate of drug-likeness (QED) is 0.479. The lowest BCUT2D eigenvalue weighted by atomic mass is 9.79. The summed E-state index contributed by atoms with van der Waals surface area (Å²) in [5, 5.41) is 6.38. The Morgan fingerprint density at radius 1 is 1.02 bits per heavy atom. The third-order valence-electron chi connectivity index (χ3n) is 8.98. The number of alkyl halides is 3. The van der Waals surface area contributed by atoms with E-state index in [0.717, 1.165) is 22.5 Å². The summed E-state index contributed by atoms with van der Waals surface area (Å²) < 4.78 is 69.6. The molecule has 1 unspecified atom stereocenters. The number of sulfonamides is 1. The van der Waals surface area contributed by atoms with Crippen molar-refractivity contribution in [1.82, 2.24) is 15.5 Å². The minimum atomic E-state index is -4.67. The van der Waals surface area contributed by atoms with Crippen molar-refractivity contribution in [3.05, 3.63) is 71.8 Å². The van der Waals surface area contributed by atoms with Crippen LogP contribution in [0.25, 0.3) is 0 Å². The van der Waals surface area contributed by atoms with Gasteiger partial charge in [-0.05, 0) is 61.7 Å². The molecule has 4 bridgehead atoms. The minimum Gasteiger partial charge on any atom is -0.355 e. The van der Waals surface area contributed by atoms with Crippen LogP contribution in [0.4, 0.5) is 18.9 Å². The number of nitrogens with one attached hydrogen (secondary N) is 2. The number of benzene rings is 2. The highest BCUT2D eigenvalue weighted by molar-refractivity contribution is 7.92. The molecule has 0 aliphatic carbocycles. The van der Waals surface area contributed by atoms with Crippen molar-refractivity contribution >= 4 is 27.5 Å². The molecule has 2 aromatic carbocycles. The number of carbonyl (C=O) groups excluding carboxylic acids is 2. The van der Waals surface area contributed by atoms with Gasteiger partial charge in [-0.15, -0.1) is 0 Å². The minimum absolute atomic E-state index is 0.0708. The molecule has 3 aliphatic rings. The SMILES string of the molecule is C[C@@H]1CN2C[C@@]1(C)CNC(=O)C1(C/C=C/CN(c3cccc(C(F)(F)F)c3)S(=O)(=O)c3cccc(c3)C2=O)CCNC1. The fourth-order valence-electron chi connectivity index (χ4n) is 6.02. The van der Waals surface area contributed by atoms with E-state index >= 15 is 0 Å². The predicted octanol–water partition coefficient (Wildman–Crippen LogP) is 4.05. The van der Waals surface area contributed by atoms with Crippen molar-refractivity contribution < 1.29 is 31.2 Å². The van der Waals surface area contributed by atoms with E-state index in [0.29, 0.717) is 45.6 Å². The van der Waals surface area contributed by atoms with E-state index in [1.807, 2.05) is 13.8 Å². The monoisotopic (exact) mass is 604 g/mol. The normalized spacial score (nSPS) is 29.4. The number of halogens is 3. The van der Waals surface area contributed by atoms with Gasteiger partial charge in [0.2, 0.25) is 5.91 Å². The lowest BCUT2D eigenvalue weighted by Crippen LogP contribution is -2.47. The molecule has 2 aromatic rings. The smallest absolute Gasteiger partial charge is 0.355 e. The zero-order valence-corrected chi connectivity index (χ0v) is 24.4. The Morgan fingerprint density at radius 2 is 1.79 bits per heavy atom. The summed E-state index contributed by atoms with van der Waals surface area (Å²) in [6.45, 7) is 6.10. The van der Waals surface area contributed by atoms with Crippen LogP contribution in [0, 0.1) is 16.7 Å². The molecule has 12 heteroatoms. The molecular formula is C30H35F3N4O4S. The Bertz CT molecular complexity index is 1500. The Balaban J connectivity index is 1.60. The van der Waals surface area contributed by atoms with E-state index in [2.05, 4.69) is 10.6 Å². The second-order valence-electron chi connectivity index (χ2n) is 11.9. The molecule has 3 heterocycles. The van der Waals surface area contributed by atoms with E-state index in [9.17, 15) is 31.2 Å². The maximum atomic E-state index is 14.0. The zero-order chi connectivity index (χ0) is 30.3. The summed E-state index contributed by atoms with van der Waals surface area (Å²) in [4.78, 5) is 28.6. The van der Waals surface area contributed by atoms with Crippen molar-refractivity contribution in [2.24, 2.45) is 16.7 Å². The van der Waals surface area contributed by atoms with Gasteiger partial charge in [0.05, 0.1) is 28.1 Å². The first-order valence-corrected chi connectivity index (χ1v) is 15.4. The number of fused-ring (bicyclic) bond motifs is 4. The fourth-order valence-corrected chi connectivity index (χ4v) is 7.48. The largest absolute Gasteiger partial charge is 0.416 e. The molecule has 226 valence electrons. The van der Waals surface area contributed by atoms with E-state index in [-0.39, 0.29) is 45.8 Å². The van der Waals surface area contributed by atoms with Crippen LogP contribution in [0.2, 0.25) is 0 Å². The topological polar surface area (TPSA) is 98.8 Å². The predicted molar refractivity (Wildman–Crippen MR) is 152 cm³/mol. The Hall–Kier alpha value is -3.38. The van der Waals surface area contributed by atoms with Crippen molar-refractivity contribution in [2.75, 3.05) is 43.6 Å². The van der Waals surface area contributed by atoms with Gasteiger partial charge < -0.3 is 15.5 Å². The summed E-state index contributed by atoms with van der Waals surface area (Å²) in [6, 6.07) is 9.75. The molecule has 2 N–H and O–H groups in total. The van der Waals surface area contributed by atoms with Crippen LogP contribution in [0.1, 0.15) is 42.6 Å². The second-order valence-corrected chi connectivity index (χ2v) is 13.8. The standard InChI is InChI=1S/C30H35F3N4O4S/c1-21-17-36-20-28(21,2)18-35-27(39)29(12-13-34-19-29)11-3-4-14-37(24-9-6-8-23(16-24)30(31,32)33)42(40,41)25-10-5-7-22(15-25)26(36)38/h3-10,15-16,21,34H,11-14,17-20H2,1-2H3,(H,35,39)/b4-3+/t21-,28-,29?/m1/s1. The van der Waals surface area contributed by atoms with Gasteiger partial charge in [-0.1, -0.05) is 38.1 Å². The highest BCUT2D eigenvalue weighted by atomic mass is 32.2. The second kappa shape index (κ2) is 11.0. The Labute approximate surface area is 244 Å². The van der Waals surface area contributed by atoms with Gasteiger partial charge in [-0.3, -0.25) is 13.9 Å².